The monoisotopic (exact) mass is 346 g/mol. The van der Waals surface area contributed by atoms with Crippen molar-refractivity contribution in [2.45, 2.75) is 13.8 Å². The molecule has 21 heavy (non-hydrogen) atoms. The predicted molar refractivity (Wildman–Crippen MR) is 87.2 cm³/mol. The number of hydrogen-bond donors (Lipinski definition) is 2. The Morgan fingerprint density at radius 3 is 2.52 bits per heavy atom. The molecule has 0 aliphatic rings. The van der Waals surface area contributed by atoms with Crippen molar-refractivity contribution in [3.63, 3.8) is 0 Å². The Kier molecular flexibility index (Phi) is 4.48. The number of rotatable bonds is 3. The van der Waals surface area contributed by atoms with E-state index < -0.39 is 5.97 Å². The van der Waals surface area contributed by atoms with E-state index in [2.05, 4.69) is 15.9 Å². The first-order chi connectivity index (χ1) is 9.88. The Balaban J connectivity index is 2.63. The van der Waals surface area contributed by atoms with Gasteiger partial charge in [-0.2, -0.15) is 0 Å². The molecule has 108 valence electrons. The molecule has 3 nitrogen and oxygen atoms in total. The van der Waals surface area contributed by atoms with Gasteiger partial charge in [0.1, 0.15) is 5.75 Å². The minimum atomic E-state index is -1.02. The van der Waals surface area contributed by atoms with Gasteiger partial charge in [-0.15, -0.1) is 0 Å². The van der Waals surface area contributed by atoms with Crippen LogP contribution in [-0.4, -0.2) is 16.2 Å². The van der Waals surface area contributed by atoms with Gasteiger partial charge in [-0.3, -0.25) is 0 Å². The van der Waals surface area contributed by atoms with Gasteiger partial charge in [0.25, 0.3) is 0 Å². The number of aliphatic carboxylic acids is 1. The summed E-state index contributed by atoms with van der Waals surface area (Å²) in [4.78, 5) is 11.6. The molecule has 0 aromatic heterocycles. The number of hydrogen-bond acceptors (Lipinski definition) is 2. The van der Waals surface area contributed by atoms with Gasteiger partial charge in [-0.25, -0.2) is 4.79 Å². The van der Waals surface area contributed by atoms with E-state index in [1.165, 1.54) is 12.1 Å². The molecule has 0 amide bonds. The van der Waals surface area contributed by atoms with Crippen LogP contribution in [0.1, 0.15) is 22.3 Å². The fourth-order valence-electron chi connectivity index (χ4n) is 2.08. The van der Waals surface area contributed by atoms with Crippen molar-refractivity contribution in [3.8, 4) is 5.75 Å². The van der Waals surface area contributed by atoms with Crippen LogP contribution in [-0.2, 0) is 4.79 Å². The molecular formula is C17H15BrO3. The summed E-state index contributed by atoms with van der Waals surface area (Å²) < 4.78 is 0.775. The number of benzene rings is 2. The maximum atomic E-state index is 11.6. The van der Waals surface area contributed by atoms with Crippen LogP contribution in [0.25, 0.3) is 11.6 Å². The van der Waals surface area contributed by atoms with Crippen molar-refractivity contribution >= 4 is 33.5 Å². The van der Waals surface area contributed by atoms with Crippen molar-refractivity contribution in [1.29, 1.82) is 0 Å². The summed E-state index contributed by atoms with van der Waals surface area (Å²) in [5, 5.41) is 19.4. The van der Waals surface area contributed by atoms with Gasteiger partial charge in [0, 0.05) is 10.0 Å². The van der Waals surface area contributed by atoms with Crippen molar-refractivity contribution < 1.29 is 15.0 Å². The highest BCUT2D eigenvalue weighted by atomic mass is 79.9. The molecule has 2 aromatic carbocycles. The summed E-state index contributed by atoms with van der Waals surface area (Å²) in [5.41, 5.74) is 3.14. The standard InChI is InChI=1S/C17H15BrO3/c1-10-3-4-11(2)14(7-10)15(17(20)21)9-12-8-13(18)5-6-16(12)19/h3-9,19H,1-2H3,(H,20,21)/b15-9-. The summed E-state index contributed by atoms with van der Waals surface area (Å²) in [6.07, 6.45) is 1.49. The number of aromatic hydroxyl groups is 1. The van der Waals surface area contributed by atoms with Crippen molar-refractivity contribution in [2.75, 3.05) is 0 Å². The maximum Gasteiger partial charge on any atom is 0.336 e. The lowest BCUT2D eigenvalue weighted by atomic mass is 9.96. The minimum absolute atomic E-state index is 0.0438. The Hall–Kier alpha value is -2.07. The zero-order chi connectivity index (χ0) is 15.6. The molecule has 0 heterocycles. The van der Waals surface area contributed by atoms with Crippen LogP contribution in [0.3, 0.4) is 0 Å². The van der Waals surface area contributed by atoms with Crippen LogP contribution >= 0.6 is 15.9 Å². The second-order valence-electron chi connectivity index (χ2n) is 4.88. The number of halogens is 1. The van der Waals surface area contributed by atoms with E-state index in [0.717, 1.165) is 15.6 Å². The SMILES string of the molecule is Cc1ccc(C)c(/C(=C/c2cc(Br)ccc2O)C(=O)O)c1. The predicted octanol–water partition coefficient (Wildman–Crippen LogP) is 4.40. The Morgan fingerprint density at radius 2 is 1.86 bits per heavy atom. The molecule has 0 fully saturated rings. The van der Waals surface area contributed by atoms with Crippen molar-refractivity contribution in [1.82, 2.24) is 0 Å². The van der Waals surface area contributed by atoms with Crippen LogP contribution in [0.15, 0.2) is 40.9 Å². The molecule has 4 heteroatoms. The molecule has 0 saturated heterocycles. The lowest BCUT2D eigenvalue weighted by Crippen LogP contribution is -2.02. The van der Waals surface area contributed by atoms with E-state index in [1.54, 1.807) is 12.1 Å². The lowest BCUT2D eigenvalue weighted by Gasteiger charge is -2.09. The topological polar surface area (TPSA) is 57.5 Å². The molecule has 0 radical (unpaired) electrons. The third kappa shape index (κ3) is 3.52. The van der Waals surface area contributed by atoms with E-state index in [-0.39, 0.29) is 11.3 Å². The molecule has 0 unspecified atom stereocenters. The van der Waals surface area contributed by atoms with Gasteiger partial charge >= 0.3 is 5.97 Å². The van der Waals surface area contributed by atoms with Gasteiger partial charge in [0.2, 0.25) is 0 Å². The van der Waals surface area contributed by atoms with E-state index >= 15 is 0 Å². The Bertz CT molecular complexity index is 733. The first-order valence-electron chi connectivity index (χ1n) is 6.39. The van der Waals surface area contributed by atoms with Gasteiger partial charge in [-0.05, 0) is 49.2 Å². The second kappa shape index (κ2) is 6.14. The lowest BCUT2D eigenvalue weighted by molar-refractivity contribution is -0.130. The molecule has 0 aliphatic carbocycles. The Morgan fingerprint density at radius 1 is 1.14 bits per heavy atom. The molecule has 0 spiro atoms. The van der Waals surface area contributed by atoms with E-state index in [4.69, 9.17) is 0 Å². The van der Waals surface area contributed by atoms with Crippen LogP contribution < -0.4 is 0 Å². The molecule has 2 rings (SSSR count). The summed E-state index contributed by atoms with van der Waals surface area (Å²) in [6.45, 7) is 3.78. The van der Waals surface area contributed by atoms with Gasteiger partial charge in [0.15, 0.2) is 0 Å². The average Bonchev–Trinajstić information content (AvgIpc) is 2.42. The molecule has 0 aliphatic heterocycles. The highest BCUT2D eigenvalue weighted by Gasteiger charge is 2.14. The molecule has 0 bridgehead atoms. The summed E-state index contributed by atoms with van der Waals surface area (Å²) in [7, 11) is 0. The van der Waals surface area contributed by atoms with E-state index in [0.29, 0.717) is 11.1 Å². The highest BCUT2D eigenvalue weighted by molar-refractivity contribution is 9.10. The third-order valence-corrected chi connectivity index (χ3v) is 3.70. The number of phenolic OH excluding ortho intramolecular Hbond substituents is 1. The van der Waals surface area contributed by atoms with E-state index in [1.807, 2.05) is 32.0 Å². The van der Waals surface area contributed by atoms with Gasteiger partial charge in [0.05, 0.1) is 5.57 Å². The van der Waals surface area contributed by atoms with Crippen molar-refractivity contribution in [3.05, 3.63) is 63.1 Å². The first-order valence-corrected chi connectivity index (χ1v) is 7.19. The summed E-state index contributed by atoms with van der Waals surface area (Å²) in [6, 6.07) is 10.6. The summed E-state index contributed by atoms with van der Waals surface area (Å²) >= 11 is 3.32. The zero-order valence-electron chi connectivity index (χ0n) is 11.7. The molecule has 2 N–H and O–H groups in total. The quantitative estimate of drug-likeness (QED) is 0.639. The fraction of sp³-hybridized carbons (Fsp3) is 0.118. The molecule has 2 aromatic rings. The van der Waals surface area contributed by atoms with Crippen LogP contribution in [0, 0.1) is 13.8 Å². The third-order valence-electron chi connectivity index (χ3n) is 3.20. The van der Waals surface area contributed by atoms with Gasteiger partial charge < -0.3 is 10.2 Å². The maximum absolute atomic E-state index is 11.6. The fourth-order valence-corrected chi connectivity index (χ4v) is 2.46. The number of carboxylic acids is 1. The molecule has 0 atom stereocenters. The first kappa shape index (κ1) is 15.3. The van der Waals surface area contributed by atoms with Gasteiger partial charge in [-0.1, -0.05) is 39.7 Å². The zero-order valence-corrected chi connectivity index (χ0v) is 13.3. The number of carbonyl (C=O) groups is 1. The van der Waals surface area contributed by atoms with Crippen molar-refractivity contribution in [2.24, 2.45) is 0 Å². The highest BCUT2D eigenvalue weighted by Crippen LogP contribution is 2.28. The van der Waals surface area contributed by atoms with Crippen LogP contribution in [0.4, 0.5) is 0 Å². The van der Waals surface area contributed by atoms with Crippen LogP contribution in [0.2, 0.25) is 0 Å². The minimum Gasteiger partial charge on any atom is -0.507 e. The van der Waals surface area contributed by atoms with Crippen LogP contribution in [0.5, 0.6) is 5.75 Å². The smallest absolute Gasteiger partial charge is 0.336 e. The average molecular weight is 347 g/mol. The number of phenols is 1. The Labute approximate surface area is 131 Å². The number of carboxylic acid groups (broad SMARTS) is 1. The second-order valence-corrected chi connectivity index (χ2v) is 5.80. The largest absolute Gasteiger partial charge is 0.507 e. The summed E-state index contributed by atoms with van der Waals surface area (Å²) in [5.74, 6) is -0.981. The molecular weight excluding hydrogens is 332 g/mol. The van der Waals surface area contributed by atoms with E-state index in [9.17, 15) is 15.0 Å². The number of aryl methyl sites for hydroxylation is 2. The molecule has 0 saturated carbocycles. The normalized spacial score (nSPS) is 11.5.